The van der Waals surface area contributed by atoms with E-state index in [2.05, 4.69) is 50.3 Å². The Labute approximate surface area is 167 Å². The molecule has 0 aliphatic carbocycles. The highest BCUT2D eigenvalue weighted by Gasteiger charge is 2.27. The van der Waals surface area contributed by atoms with E-state index >= 15 is 0 Å². The number of carbonyl (C=O) groups excluding carboxylic acids is 1. The molecule has 7 nitrogen and oxygen atoms in total. The SMILES string of the molecule is CN=C(NCCCn1c(C)nc2ccccc21)NC1CCN(C(=O)C(C)C)C1. The summed E-state index contributed by atoms with van der Waals surface area (Å²) in [5.41, 5.74) is 2.23. The number of likely N-dealkylation sites (tertiary alicyclic amines) is 1. The van der Waals surface area contributed by atoms with Crippen LogP contribution in [0.5, 0.6) is 0 Å². The van der Waals surface area contributed by atoms with Gasteiger partial charge in [-0.1, -0.05) is 26.0 Å². The number of imidazole rings is 1. The molecule has 28 heavy (non-hydrogen) atoms. The van der Waals surface area contributed by atoms with Crippen molar-refractivity contribution in [2.75, 3.05) is 26.7 Å². The van der Waals surface area contributed by atoms with Gasteiger partial charge in [0.15, 0.2) is 5.96 Å². The lowest BCUT2D eigenvalue weighted by atomic mass is 10.2. The molecule has 1 aliphatic heterocycles. The van der Waals surface area contributed by atoms with Crippen molar-refractivity contribution in [1.82, 2.24) is 25.1 Å². The minimum atomic E-state index is 0.0545. The molecule has 1 unspecified atom stereocenters. The molecule has 152 valence electrons. The largest absolute Gasteiger partial charge is 0.356 e. The number of para-hydroxylation sites is 2. The molecule has 1 saturated heterocycles. The number of aryl methyl sites for hydroxylation is 2. The smallest absolute Gasteiger partial charge is 0.225 e. The van der Waals surface area contributed by atoms with Crippen molar-refractivity contribution in [3.05, 3.63) is 30.1 Å². The Bertz CT molecular complexity index is 841. The highest BCUT2D eigenvalue weighted by molar-refractivity contribution is 5.81. The number of aliphatic imine (C=N–C) groups is 1. The maximum absolute atomic E-state index is 12.1. The lowest BCUT2D eigenvalue weighted by molar-refractivity contribution is -0.133. The van der Waals surface area contributed by atoms with Crippen LogP contribution in [0.25, 0.3) is 11.0 Å². The number of nitrogens with one attached hydrogen (secondary N) is 2. The quantitative estimate of drug-likeness (QED) is 0.455. The lowest BCUT2D eigenvalue weighted by Crippen LogP contribution is -2.45. The summed E-state index contributed by atoms with van der Waals surface area (Å²) in [6.45, 7) is 9.27. The molecule has 1 atom stereocenters. The number of nitrogens with zero attached hydrogens (tertiary/aromatic N) is 4. The molecular formula is C21H32N6O. The number of rotatable bonds is 6. The number of hydrogen-bond acceptors (Lipinski definition) is 3. The zero-order valence-corrected chi connectivity index (χ0v) is 17.4. The molecule has 0 saturated carbocycles. The first kappa shape index (κ1) is 20.2. The number of guanidine groups is 1. The van der Waals surface area contributed by atoms with E-state index in [1.807, 2.05) is 24.8 Å². The zero-order valence-electron chi connectivity index (χ0n) is 17.4. The summed E-state index contributed by atoms with van der Waals surface area (Å²) in [5, 5.41) is 6.84. The van der Waals surface area contributed by atoms with E-state index in [1.54, 1.807) is 7.05 Å². The van der Waals surface area contributed by atoms with Crippen molar-refractivity contribution in [1.29, 1.82) is 0 Å². The maximum atomic E-state index is 12.1. The lowest BCUT2D eigenvalue weighted by Gasteiger charge is -2.20. The van der Waals surface area contributed by atoms with Gasteiger partial charge in [-0.25, -0.2) is 4.98 Å². The Morgan fingerprint density at radius 3 is 2.89 bits per heavy atom. The van der Waals surface area contributed by atoms with E-state index in [-0.39, 0.29) is 17.9 Å². The molecule has 2 aromatic rings. The van der Waals surface area contributed by atoms with Crippen molar-refractivity contribution < 1.29 is 4.79 Å². The van der Waals surface area contributed by atoms with Gasteiger partial charge in [-0.2, -0.15) is 0 Å². The average molecular weight is 385 g/mol. The van der Waals surface area contributed by atoms with Gasteiger partial charge < -0.3 is 20.1 Å². The summed E-state index contributed by atoms with van der Waals surface area (Å²) in [6.07, 6.45) is 1.93. The molecule has 0 bridgehead atoms. The first-order chi connectivity index (χ1) is 13.5. The second-order valence-electron chi connectivity index (χ2n) is 7.72. The number of amides is 1. The number of fused-ring (bicyclic) bond motifs is 1. The van der Waals surface area contributed by atoms with Crippen molar-refractivity contribution >= 4 is 22.9 Å². The molecule has 1 fully saturated rings. The molecule has 0 spiro atoms. The van der Waals surface area contributed by atoms with Crippen LogP contribution in [-0.2, 0) is 11.3 Å². The second-order valence-corrected chi connectivity index (χ2v) is 7.72. The number of carbonyl (C=O) groups is 1. The van der Waals surface area contributed by atoms with Crippen molar-refractivity contribution in [3.63, 3.8) is 0 Å². The highest BCUT2D eigenvalue weighted by atomic mass is 16.2. The topological polar surface area (TPSA) is 74.6 Å². The summed E-state index contributed by atoms with van der Waals surface area (Å²) in [5.74, 6) is 2.13. The Hall–Kier alpha value is -2.57. The second kappa shape index (κ2) is 9.08. The van der Waals surface area contributed by atoms with Crippen molar-refractivity contribution in [2.45, 2.75) is 46.2 Å². The van der Waals surface area contributed by atoms with Gasteiger partial charge in [-0.05, 0) is 31.9 Å². The molecule has 7 heteroatoms. The fraction of sp³-hybridized carbons (Fsp3) is 0.571. The van der Waals surface area contributed by atoms with Gasteiger partial charge in [0.25, 0.3) is 0 Å². The first-order valence-corrected chi connectivity index (χ1v) is 10.2. The predicted molar refractivity (Wildman–Crippen MR) is 113 cm³/mol. The fourth-order valence-electron chi connectivity index (χ4n) is 3.75. The van der Waals surface area contributed by atoms with Gasteiger partial charge in [-0.15, -0.1) is 0 Å². The Morgan fingerprint density at radius 2 is 2.14 bits per heavy atom. The van der Waals surface area contributed by atoms with E-state index in [0.29, 0.717) is 0 Å². The van der Waals surface area contributed by atoms with Crippen LogP contribution >= 0.6 is 0 Å². The molecule has 1 aromatic heterocycles. The van der Waals surface area contributed by atoms with E-state index in [9.17, 15) is 4.79 Å². The van der Waals surface area contributed by atoms with Gasteiger partial charge >= 0.3 is 0 Å². The van der Waals surface area contributed by atoms with Crippen LogP contribution in [0.2, 0.25) is 0 Å². The van der Waals surface area contributed by atoms with Gasteiger partial charge in [0.1, 0.15) is 5.82 Å². The predicted octanol–water partition coefficient (Wildman–Crippen LogP) is 2.16. The third-order valence-corrected chi connectivity index (χ3v) is 5.25. The monoisotopic (exact) mass is 384 g/mol. The van der Waals surface area contributed by atoms with Crippen molar-refractivity contribution in [3.8, 4) is 0 Å². The minimum Gasteiger partial charge on any atom is -0.356 e. The molecule has 2 heterocycles. The maximum Gasteiger partial charge on any atom is 0.225 e. The van der Waals surface area contributed by atoms with Crippen LogP contribution < -0.4 is 10.6 Å². The van der Waals surface area contributed by atoms with Crippen LogP contribution in [-0.4, -0.2) is 59.0 Å². The Balaban J connectivity index is 1.45. The molecule has 2 N–H and O–H groups in total. The van der Waals surface area contributed by atoms with Crippen LogP contribution in [0, 0.1) is 12.8 Å². The summed E-state index contributed by atoms with van der Waals surface area (Å²) >= 11 is 0. The molecule has 1 aromatic carbocycles. The van der Waals surface area contributed by atoms with E-state index in [0.717, 1.165) is 56.3 Å². The van der Waals surface area contributed by atoms with Crippen LogP contribution in [0.1, 0.15) is 32.5 Å². The molecule has 3 rings (SSSR count). The number of aromatic nitrogens is 2. The van der Waals surface area contributed by atoms with E-state index in [1.165, 1.54) is 5.52 Å². The van der Waals surface area contributed by atoms with Gasteiger partial charge in [-0.3, -0.25) is 9.79 Å². The molecule has 1 amide bonds. The zero-order chi connectivity index (χ0) is 20.1. The summed E-state index contributed by atoms with van der Waals surface area (Å²) in [6, 6.07) is 8.51. The number of hydrogen-bond donors (Lipinski definition) is 2. The van der Waals surface area contributed by atoms with Crippen LogP contribution in [0.3, 0.4) is 0 Å². The van der Waals surface area contributed by atoms with Crippen molar-refractivity contribution in [2.24, 2.45) is 10.9 Å². The molecular weight excluding hydrogens is 352 g/mol. The summed E-state index contributed by atoms with van der Waals surface area (Å²) < 4.78 is 2.26. The average Bonchev–Trinajstić information content (AvgIpc) is 3.27. The molecule has 0 radical (unpaired) electrons. The normalized spacial score (nSPS) is 17.5. The molecule has 1 aliphatic rings. The Kier molecular flexibility index (Phi) is 6.54. The standard InChI is InChI=1S/C21H32N6O/c1-15(2)20(28)26-13-10-17(14-26)25-21(22-4)23-11-7-12-27-16(3)24-18-8-5-6-9-19(18)27/h5-6,8-9,15,17H,7,10-14H2,1-4H3,(H2,22,23,25). The summed E-state index contributed by atoms with van der Waals surface area (Å²) in [4.78, 5) is 23.0. The first-order valence-electron chi connectivity index (χ1n) is 10.2. The van der Waals surface area contributed by atoms with Gasteiger partial charge in [0.05, 0.1) is 11.0 Å². The fourth-order valence-corrected chi connectivity index (χ4v) is 3.75. The van der Waals surface area contributed by atoms with Crippen LogP contribution in [0.4, 0.5) is 0 Å². The highest BCUT2D eigenvalue weighted by Crippen LogP contribution is 2.16. The van der Waals surface area contributed by atoms with Gasteiger partial charge in [0.2, 0.25) is 5.91 Å². The third-order valence-electron chi connectivity index (χ3n) is 5.25. The third kappa shape index (κ3) is 4.64. The van der Waals surface area contributed by atoms with E-state index < -0.39 is 0 Å². The summed E-state index contributed by atoms with van der Waals surface area (Å²) in [7, 11) is 1.79. The van der Waals surface area contributed by atoms with Gasteiger partial charge in [0, 0.05) is 45.2 Å². The number of benzene rings is 1. The van der Waals surface area contributed by atoms with Crippen LogP contribution in [0.15, 0.2) is 29.3 Å². The minimum absolute atomic E-state index is 0.0545. The Morgan fingerprint density at radius 1 is 1.36 bits per heavy atom. The van der Waals surface area contributed by atoms with E-state index in [4.69, 9.17) is 0 Å².